The van der Waals surface area contributed by atoms with Gasteiger partial charge in [0, 0.05) is 63.0 Å². The van der Waals surface area contributed by atoms with Crippen molar-refractivity contribution in [2.75, 3.05) is 73.9 Å². The molecule has 0 unspecified atom stereocenters. The summed E-state index contributed by atoms with van der Waals surface area (Å²) in [6.45, 7) is 7.88. The summed E-state index contributed by atoms with van der Waals surface area (Å²) in [7, 11) is -1.36. The molecule has 4 aromatic rings. The second-order valence-corrected chi connectivity index (χ2v) is 13.7. The van der Waals surface area contributed by atoms with Gasteiger partial charge in [0.15, 0.2) is 5.13 Å². The van der Waals surface area contributed by atoms with Gasteiger partial charge in [-0.1, -0.05) is 11.3 Å². The molecule has 236 valence electrons. The largest absolute Gasteiger partial charge is 0.497 e. The van der Waals surface area contributed by atoms with Crippen LogP contribution in [0.15, 0.2) is 48.7 Å². The van der Waals surface area contributed by atoms with Crippen molar-refractivity contribution in [2.24, 2.45) is 0 Å². The highest BCUT2D eigenvalue weighted by molar-refractivity contribution is 7.90. The summed E-state index contributed by atoms with van der Waals surface area (Å²) in [5, 5.41) is 7.23. The molecule has 0 amide bonds. The van der Waals surface area contributed by atoms with Crippen molar-refractivity contribution < 1.29 is 17.5 Å². The summed E-state index contributed by atoms with van der Waals surface area (Å²) in [5.74, 6) is 0.880. The van der Waals surface area contributed by atoms with Gasteiger partial charge in [-0.2, -0.15) is 0 Å². The van der Waals surface area contributed by atoms with Crippen LogP contribution >= 0.6 is 23.7 Å². The molecule has 0 saturated carbocycles. The van der Waals surface area contributed by atoms with Crippen LogP contribution in [-0.4, -0.2) is 86.7 Å². The Labute approximate surface area is 268 Å². The summed E-state index contributed by atoms with van der Waals surface area (Å²) >= 11 is 1.51. The fourth-order valence-electron chi connectivity index (χ4n) is 4.94. The van der Waals surface area contributed by atoms with E-state index in [0.29, 0.717) is 55.7 Å². The van der Waals surface area contributed by atoms with E-state index in [1.54, 1.807) is 19.4 Å². The van der Waals surface area contributed by atoms with E-state index in [1.807, 2.05) is 43.0 Å². The number of benzene rings is 2. The first-order valence-corrected chi connectivity index (χ1v) is 17.0. The highest BCUT2D eigenvalue weighted by Gasteiger charge is 2.21. The van der Waals surface area contributed by atoms with Gasteiger partial charge in [0.2, 0.25) is 5.95 Å². The molecule has 5 rings (SSSR count). The van der Waals surface area contributed by atoms with Crippen LogP contribution in [0.1, 0.15) is 12.5 Å². The molecule has 1 aliphatic heterocycles. The fourth-order valence-corrected chi connectivity index (χ4v) is 6.56. The van der Waals surface area contributed by atoms with Crippen molar-refractivity contribution >= 4 is 56.0 Å². The van der Waals surface area contributed by atoms with Gasteiger partial charge in [-0.05, 0) is 61.9 Å². The average molecular weight is 662 g/mol. The highest BCUT2D eigenvalue weighted by Crippen LogP contribution is 2.40. The van der Waals surface area contributed by atoms with Crippen molar-refractivity contribution in [1.29, 1.82) is 0 Å². The molecule has 2 N–H and O–H groups in total. The van der Waals surface area contributed by atoms with Crippen LogP contribution in [0.3, 0.4) is 0 Å². The molecule has 0 atom stereocenters. The average Bonchev–Trinajstić information content (AvgIpc) is 3.40. The molecule has 0 radical (unpaired) electrons. The fraction of sp³-hybridized carbons (Fsp3) is 0.367. The van der Waals surface area contributed by atoms with Crippen LogP contribution in [0.5, 0.6) is 5.75 Å². The minimum atomic E-state index is -3.01. The number of halogens is 2. The molecule has 0 bridgehead atoms. The Hall–Kier alpha value is -3.52. The van der Waals surface area contributed by atoms with Crippen LogP contribution in [0, 0.1) is 12.7 Å². The van der Waals surface area contributed by atoms with Crippen LogP contribution in [0.2, 0.25) is 0 Å². The summed E-state index contributed by atoms with van der Waals surface area (Å²) < 4.78 is 43.7. The number of aryl methyl sites for hydroxylation is 1. The number of hydrogen-bond acceptors (Lipinski definition) is 11. The molecule has 10 nitrogen and oxygen atoms in total. The van der Waals surface area contributed by atoms with E-state index in [9.17, 15) is 8.42 Å². The third-order valence-electron chi connectivity index (χ3n) is 7.10. The van der Waals surface area contributed by atoms with Crippen LogP contribution in [-0.2, 0) is 9.84 Å². The quantitative estimate of drug-likeness (QED) is 0.214. The zero-order chi connectivity index (χ0) is 30.6. The molecule has 44 heavy (non-hydrogen) atoms. The minimum Gasteiger partial charge on any atom is -0.497 e. The maximum atomic E-state index is 15.3. The first kappa shape index (κ1) is 33.4. The highest BCUT2D eigenvalue weighted by atomic mass is 35.5. The summed E-state index contributed by atoms with van der Waals surface area (Å²) in [6.07, 6.45) is 2.92. The van der Waals surface area contributed by atoms with E-state index >= 15 is 4.39 Å². The Morgan fingerprint density at radius 1 is 1.07 bits per heavy atom. The predicted molar refractivity (Wildman–Crippen MR) is 179 cm³/mol. The smallest absolute Gasteiger partial charge is 0.227 e. The number of hydrogen-bond donors (Lipinski definition) is 2. The van der Waals surface area contributed by atoms with Crippen molar-refractivity contribution in [2.45, 2.75) is 13.8 Å². The van der Waals surface area contributed by atoms with Gasteiger partial charge in [0.1, 0.15) is 21.4 Å². The number of nitrogens with one attached hydrogen (secondary N) is 2. The topological polar surface area (TPSA) is 113 Å². The van der Waals surface area contributed by atoms with E-state index in [4.69, 9.17) is 14.7 Å². The number of thiazole rings is 1. The van der Waals surface area contributed by atoms with Crippen molar-refractivity contribution in [3.63, 3.8) is 0 Å². The molecule has 0 spiro atoms. The lowest BCUT2D eigenvalue weighted by Crippen LogP contribution is -2.47. The van der Waals surface area contributed by atoms with Gasteiger partial charge in [-0.25, -0.2) is 27.8 Å². The SMILES string of the molecule is CCNc1nc(-c2cc(C)cc(OC)c2)c(-c2ccnc(Nc3ccc(N4CCN(CCS(C)(=O)=O)CC4)c(F)c3)n2)s1.Cl. The lowest BCUT2D eigenvalue weighted by Gasteiger charge is -2.36. The molecule has 14 heteroatoms. The Balaban J connectivity index is 0.00000442. The predicted octanol–water partition coefficient (Wildman–Crippen LogP) is 5.49. The van der Waals surface area contributed by atoms with Gasteiger partial charge in [0.05, 0.1) is 34.8 Å². The van der Waals surface area contributed by atoms with Gasteiger partial charge in [-0.15, -0.1) is 12.4 Å². The van der Waals surface area contributed by atoms with Crippen molar-refractivity contribution in [1.82, 2.24) is 19.9 Å². The lowest BCUT2D eigenvalue weighted by atomic mass is 10.1. The number of aromatic nitrogens is 3. The number of nitrogens with zero attached hydrogens (tertiary/aromatic N) is 5. The van der Waals surface area contributed by atoms with Gasteiger partial charge in [-0.3, -0.25) is 4.90 Å². The zero-order valence-electron chi connectivity index (χ0n) is 25.1. The van der Waals surface area contributed by atoms with Gasteiger partial charge < -0.3 is 20.3 Å². The Kier molecular flexibility index (Phi) is 11.0. The van der Waals surface area contributed by atoms with E-state index in [1.165, 1.54) is 23.7 Å². The van der Waals surface area contributed by atoms with Crippen LogP contribution in [0.4, 0.5) is 26.8 Å². The first-order valence-electron chi connectivity index (χ1n) is 14.1. The molecule has 3 heterocycles. The standard InChI is InChI=1S/C30H36FN7O3S2.ClH/c1-5-32-30-36-27(21-16-20(2)17-23(18-21)41-3)28(42-30)25-8-9-33-29(35-25)34-22-6-7-26(24(31)19-22)38-12-10-37(11-13-38)14-15-43(4,39)40;/h6-9,16-19H,5,10-15H2,1-4H3,(H,32,36)(H,33,34,35);1H. The lowest BCUT2D eigenvalue weighted by molar-refractivity contribution is 0.271. The third-order valence-corrected chi connectivity index (χ3v) is 9.06. The number of piperazine rings is 1. The summed E-state index contributed by atoms with van der Waals surface area (Å²) in [5.41, 5.74) is 4.52. The Morgan fingerprint density at radius 3 is 2.52 bits per heavy atom. The summed E-state index contributed by atoms with van der Waals surface area (Å²) in [4.78, 5) is 19.0. The molecular weight excluding hydrogens is 625 g/mol. The van der Waals surface area contributed by atoms with E-state index in [0.717, 1.165) is 39.1 Å². The minimum absolute atomic E-state index is 0. The zero-order valence-corrected chi connectivity index (χ0v) is 27.6. The first-order chi connectivity index (χ1) is 20.6. The second kappa shape index (κ2) is 14.5. The molecule has 2 aromatic heterocycles. The normalized spacial score (nSPS) is 13.8. The second-order valence-electron chi connectivity index (χ2n) is 10.5. The maximum absolute atomic E-state index is 15.3. The number of sulfone groups is 1. The van der Waals surface area contributed by atoms with E-state index in [-0.39, 0.29) is 24.0 Å². The van der Waals surface area contributed by atoms with Gasteiger partial charge in [0.25, 0.3) is 0 Å². The van der Waals surface area contributed by atoms with E-state index < -0.39 is 9.84 Å². The Morgan fingerprint density at radius 2 is 1.84 bits per heavy atom. The number of rotatable bonds is 11. The molecule has 1 fully saturated rings. The summed E-state index contributed by atoms with van der Waals surface area (Å²) in [6, 6.07) is 12.8. The molecule has 0 aliphatic carbocycles. The monoisotopic (exact) mass is 661 g/mol. The maximum Gasteiger partial charge on any atom is 0.227 e. The third kappa shape index (κ3) is 8.35. The van der Waals surface area contributed by atoms with Crippen LogP contribution in [0.25, 0.3) is 21.8 Å². The number of methoxy groups -OCH3 is 1. The van der Waals surface area contributed by atoms with E-state index in [2.05, 4.69) is 26.6 Å². The van der Waals surface area contributed by atoms with Gasteiger partial charge >= 0.3 is 0 Å². The number of ether oxygens (including phenoxy) is 1. The van der Waals surface area contributed by atoms with Crippen molar-refractivity contribution in [3.05, 3.63) is 60.0 Å². The van der Waals surface area contributed by atoms with Crippen molar-refractivity contribution in [3.8, 4) is 27.6 Å². The van der Waals surface area contributed by atoms with Crippen LogP contribution < -0.4 is 20.3 Å². The molecular formula is C30H37ClFN7O3S2. The molecule has 1 aliphatic rings. The molecule has 1 saturated heterocycles. The Bertz CT molecular complexity index is 1700. The number of anilines is 4. The molecule has 2 aromatic carbocycles.